The molecular weight excluding hydrogens is 242 g/mol. The molecule has 0 unspecified atom stereocenters. The van der Waals surface area contributed by atoms with Gasteiger partial charge < -0.3 is 0 Å². The Morgan fingerprint density at radius 3 is 2.30 bits per heavy atom. The van der Waals surface area contributed by atoms with Crippen molar-refractivity contribution < 1.29 is 0 Å². The Kier molecular flexibility index (Phi) is 3.86. The molecule has 104 valence electrons. The normalized spacial score (nSPS) is 16.3. The lowest BCUT2D eigenvalue weighted by Crippen LogP contribution is -2.07. The van der Waals surface area contributed by atoms with E-state index in [1.807, 2.05) is 0 Å². The number of rotatable bonds is 2. The molecule has 1 nitrogen and oxygen atoms in total. The summed E-state index contributed by atoms with van der Waals surface area (Å²) in [6.45, 7) is 4.36. The quantitative estimate of drug-likeness (QED) is 0.707. The van der Waals surface area contributed by atoms with Gasteiger partial charge in [0.05, 0.1) is 5.69 Å². The van der Waals surface area contributed by atoms with Crippen LogP contribution in [0.15, 0.2) is 36.5 Å². The molecule has 0 bridgehead atoms. The Labute approximate surface area is 122 Å². The third kappa shape index (κ3) is 2.77. The number of aryl methyl sites for hydroxylation is 2. The molecule has 0 amide bonds. The van der Waals surface area contributed by atoms with Crippen molar-refractivity contribution >= 4 is 0 Å². The van der Waals surface area contributed by atoms with Crippen molar-refractivity contribution in [2.24, 2.45) is 0 Å². The number of benzene rings is 1. The number of aromatic nitrogens is 1. The van der Waals surface area contributed by atoms with Crippen molar-refractivity contribution in [1.29, 1.82) is 0 Å². The molecule has 0 atom stereocenters. The van der Waals surface area contributed by atoms with Crippen LogP contribution in [0.1, 0.15) is 54.7 Å². The molecule has 0 radical (unpaired) electrons. The van der Waals surface area contributed by atoms with Crippen molar-refractivity contribution in [2.45, 2.75) is 51.9 Å². The molecular formula is C19H23N. The van der Waals surface area contributed by atoms with Crippen LogP contribution < -0.4 is 0 Å². The van der Waals surface area contributed by atoms with E-state index in [0.717, 1.165) is 11.6 Å². The van der Waals surface area contributed by atoms with Crippen LogP contribution in [0.5, 0.6) is 0 Å². The van der Waals surface area contributed by atoms with Crippen LogP contribution in [0.2, 0.25) is 0 Å². The van der Waals surface area contributed by atoms with Crippen LogP contribution in [0.4, 0.5) is 0 Å². The lowest BCUT2D eigenvalue weighted by Gasteiger charge is -2.23. The summed E-state index contributed by atoms with van der Waals surface area (Å²) in [4.78, 5) is 4.71. The summed E-state index contributed by atoms with van der Waals surface area (Å²) in [5.41, 5.74) is 6.49. The molecule has 0 saturated heterocycles. The van der Waals surface area contributed by atoms with Crippen LogP contribution in [0.25, 0.3) is 11.3 Å². The lowest BCUT2D eigenvalue weighted by atomic mass is 9.83. The van der Waals surface area contributed by atoms with Crippen LogP contribution >= 0.6 is 0 Å². The first-order valence-electron chi connectivity index (χ1n) is 7.77. The fraction of sp³-hybridized carbons (Fsp3) is 0.421. The molecule has 1 fully saturated rings. The fourth-order valence-corrected chi connectivity index (χ4v) is 3.29. The monoisotopic (exact) mass is 265 g/mol. The van der Waals surface area contributed by atoms with Gasteiger partial charge in [-0.2, -0.15) is 0 Å². The van der Waals surface area contributed by atoms with Gasteiger partial charge in [-0.15, -0.1) is 0 Å². The number of nitrogens with zero attached hydrogens (tertiary/aromatic N) is 1. The second kappa shape index (κ2) is 5.78. The molecule has 1 aliphatic carbocycles. The van der Waals surface area contributed by atoms with E-state index in [1.165, 1.54) is 54.4 Å². The van der Waals surface area contributed by atoms with E-state index >= 15 is 0 Å². The third-order valence-corrected chi connectivity index (χ3v) is 4.54. The van der Waals surface area contributed by atoms with Gasteiger partial charge in [-0.05, 0) is 49.8 Å². The van der Waals surface area contributed by atoms with E-state index in [0.29, 0.717) is 0 Å². The van der Waals surface area contributed by atoms with Gasteiger partial charge in [0.15, 0.2) is 0 Å². The molecule has 1 saturated carbocycles. The highest BCUT2D eigenvalue weighted by atomic mass is 14.7. The summed E-state index contributed by atoms with van der Waals surface area (Å²) in [5.74, 6) is 0.739. The standard InChI is InChI=1S/C19H23N/c1-14-8-10-17(11-9-14)19-12-15(2)18(13-20-19)16-6-4-3-5-7-16/h8-13,16H,3-7H2,1-2H3. The summed E-state index contributed by atoms with van der Waals surface area (Å²) in [5, 5.41) is 0. The molecule has 0 spiro atoms. The van der Waals surface area contributed by atoms with Crippen molar-refractivity contribution in [3.8, 4) is 11.3 Å². The zero-order valence-corrected chi connectivity index (χ0v) is 12.5. The molecule has 1 aliphatic rings. The van der Waals surface area contributed by atoms with Gasteiger partial charge in [0, 0.05) is 11.8 Å². The summed E-state index contributed by atoms with van der Waals surface area (Å²) >= 11 is 0. The predicted octanol–water partition coefficient (Wildman–Crippen LogP) is 5.41. The Morgan fingerprint density at radius 1 is 0.950 bits per heavy atom. The van der Waals surface area contributed by atoms with Gasteiger partial charge in [0.2, 0.25) is 0 Å². The highest BCUT2D eigenvalue weighted by Crippen LogP contribution is 2.34. The Bertz CT molecular complexity index is 577. The second-order valence-corrected chi connectivity index (χ2v) is 6.13. The number of pyridine rings is 1. The highest BCUT2D eigenvalue weighted by molar-refractivity contribution is 5.60. The highest BCUT2D eigenvalue weighted by Gasteiger charge is 2.17. The zero-order valence-electron chi connectivity index (χ0n) is 12.5. The molecule has 1 aromatic heterocycles. The maximum absolute atomic E-state index is 4.71. The Hall–Kier alpha value is -1.63. The molecule has 3 rings (SSSR count). The molecule has 1 heteroatoms. The van der Waals surface area contributed by atoms with Crippen molar-refractivity contribution in [3.63, 3.8) is 0 Å². The smallest absolute Gasteiger partial charge is 0.0704 e. The van der Waals surface area contributed by atoms with E-state index in [2.05, 4.69) is 50.4 Å². The average Bonchev–Trinajstić information content (AvgIpc) is 2.49. The van der Waals surface area contributed by atoms with Gasteiger partial charge in [-0.25, -0.2) is 0 Å². The second-order valence-electron chi connectivity index (χ2n) is 6.13. The van der Waals surface area contributed by atoms with Gasteiger partial charge in [0.1, 0.15) is 0 Å². The van der Waals surface area contributed by atoms with E-state index in [-0.39, 0.29) is 0 Å². The number of hydrogen-bond acceptors (Lipinski definition) is 1. The lowest BCUT2D eigenvalue weighted by molar-refractivity contribution is 0.441. The van der Waals surface area contributed by atoms with Crippen molar-refractivity contribution in [2.75, 3.05) is 0 Å². The summed E-state index contributed by atoms with van der Waals surface area (Å²) in [6.07, 6.45) is 8.97. The maximum Gasteiger partial charge on any atom is 0.0704 e. The number of hydrogen-bond donors (Lipinski definition) is 0. The van der Waals surface area contributed by atoms with Crippen molar-refractivity contribution in [1.82, 2.24) is 4.98 Å². The Morgan fingerprint density at radius 2 is 1.65 bits per heavy atom. The molecule has 20 heavy (non-hydrogen) atoms. The average molecular weight is 265 g/mol. The fourth-order valence-electron chi connectivity index (χ4n) is 3.29. The van der Waals surface area contributed by atoms with Gasteiger partial charge in [0.25, 0.3) is 0 Å². The molecule has 0 N–H and O–H groups in total. The van der Waals surface area contributed by atoms with E-state index in [4.69, 9.17) is 4.98 Å². The van der Waals surface area contributed by atoms with Gasteiger partial charge in [-0.1, -0.05) is 49.1 Å². The molecule has 1 heterocycles. The van der Waals surface area contributed by atoms with E-state index in [9.17, 15) is 0 Å². The summed E-state index contributed by atoms with van der Waals surface area (Å²) in [6, 6.07) is 10.9. The zero-order chi connectivity index (χ0) is 13.9. The van der Waals surface area contributed by atoms with Crippen LogP contribution in [-0.2, 0) is 0 Å². The third-order valence-electron chi connectivity index (χ3n) is 4.54. The topological polar surface area (TPSA) is 12.9 Å². The van der Waals surface area contributed by atoms with E-state index < -0.39 is 0 Å². The SMILES string of the molecule is Cc1ccc(-c2cc(C)c(C3CCCCC3)cn2)cc1. The largest absolute Gasteiger partial charge is 0.256 e. The molecule has 2 aromatic rings. The predicted molar refractivity (Wildman–Crippen MR) is 85.0 cm³/mol. The van der Waals surface area contributed by atoms with Crippen LogP contribution in [0.3, 0.4) is 0 Å². The van der Waals surface area contributed by atoms with Crippen LogP contribution in [-0.4, -0.2) is 4.98 Å². The maximum atomic E-state index is 4.71. The summed E-state index contributed by atoms with van der Waals surface area (Å²) < 4.78 is 0. The first kappa shape index (κ1) is 13.4. The van der Waals surface area contributed by atoms with E-state index in [1.54, 1.807) is 0 Å². The Balaban J connectivity index is 1.88. The minimum Gasteiger partial charge on any atom is -0.256 e. The van der Waals surface area contributed by atoms with Crippen molar-refractivity contribution in [3.05, 3.63) is 53.2 Å². The first-order valence-corrected chi connectivity index (χ1v) is 7.77. The van der Waals surface area contributed by atoms with Gasteiger partial charge in [-0.3, -0.25) is 4.98 Å². The molecule has 1 aromatic carbocycles. The minimum atomic E-state index is 0.739. The minimum absolute atomic E-state index is 0.739. The summed E-state index contributed by atoms with van der Waals surface area (Å²) in [7, 11) is 0. The van der Waals surface area contributed by atoms with Crippen LogP contribution in [0, 0.1) is 13.8 Å². The van der Waals surface area contributed by atoms with Gasteiger partial charge >= 0.3 is 0 Å². The molecule has 0 aliphatic heterocycles. The first-order chi connectivity index (χ1) is 9.74.